The van der Waals surface area contributed by atoms with Crippen LogP contribution in [-0.4, -0.2) is 50.3 Å². The molecule has 27 heavy (non-hydrogen) atoms. The van der Waals surface area contributed by atoms with Crippen molar-refractivity contribution in [2.45, 2.75) is 19.4 Å². The number of benzene rings is 1. The van der Waals surface area contributed by atoms with Crippen LogP contribution >= 0.6 is 0 Å². The number of nitrogens with one attached hydrogen (secondary N) is 1. The lowest BCUT2D eigenvalue weighted by atomic mass is 10.00. The van der Waals surface area contributed by atoms with E-state index in [-0.39, 0.29) is 11.8 Å². The number of H-pyrrole nitrogens is 1. The van der Waals surface area contributed by atoms with Crippen LogP contribution in [0.4, 0.5) is 0 Å². The van der Waals surface area contributed by atoms with E-state index in [1.54, 1.807) is 11.1 Å². The van der Waals surface area contributed by atoms with Gasteiger partial charge in [-0.3, -0.25) is 14.9 Å². The van der Waals surface area contributed by atoms with E-state index in [9.17, 15) is 9.90 Å². The molecule has 1 saturated heterocycles. The predicted molar refractivity (Wildman–Crippen MR) is 102 cm³/mol. The summed E-state index contributed by atoms with van der Waals surface area (Å²) in [7, 11) is 0. The highest BCUT2D eigenvalue weighted by Gasteiger charge is 2.36. The summed E-state index contributed by atoms with van der Waals surface area (Å²) in [5, 5.41) is 17.7. The maximum Gasteiger partial charge on any atom is 0.258 e. The zero-order valence-corrected chi connectivity index (χ0v) is 15.2. The number of pyridine rings is 1. The molecule has 1 amide bonds. The van der Waals surface area contributed by atoms with Crippen LogP contribution in [0.15, 0.2) is 54.7 Å². The second kappa shape index (κ2) is 7.32. The molecule has 0 radical (unpaired) electrons. The van der Waals surface area contributed by atoms with Crippen LogP contribution in [-0.2, 0) is 6.42 Å². The van der Waals surface area contributed by atoms with Crippen molar-refractivity contribution >= 4 is 5.91 Å². The number of nitrogens with zero attached hydrogens (tertiary/aromatic N) is 3. The molecule has 3 heterocycles. The van der Waals surface area contributed by atoms with Gasteiger partial charge in [0.1, 0.15) is 5.69 Å². The number of carbonyl (C=O) groups excluding carboxylic acids is 1. The fourth-order valence-corrected chi connectivity index (χ4v) is 3.66. The lowest BCUT2D eigenvalue weighted by molar-refractivity contribution is 0.0764. The minimum Gasteiger partial charge on any atom is -0.391 e. The van der Waals surface area contributed by atoms with Gasteiger partial charge in [-0.1, -0.05) is 36.4 Å². The zero-order chi connectivity index (χ0) is 18.8. The molecule has 2 N–H and O–H groups in total. The van der Waals surface area contributed by atoms with Gasteiger partial charge >= 0.3 is 0 Å². The Bertz CT molecular complexity index is 924. The number of likely N-dealkylation sites (tertiary alicyclic amines) is 1. The van der Waals surface area contributed by atoms with Gasteiger partial charge in [0, 0.05) is 42.2 Å². The van der Waals surface area contributed by atoms with E-state index in [4.69, 9.17) is 0 Å². The van der Waals surface area contributed by atoms with E-state index in [0.29, 0.717) is 30.8 Å². The van der Waals surface area contributed by atoms with Crippen molar-refractivity contribution in [3.8, 4) is 11.3 Å². The lowest BCUT2D eigenvalue weighted by Crippen LogP contribution is -2.30. The highest BCUT2D eigenvalue weighted by Crippen LogP contribution is 2.28. The second-order valence-corrected chi connectivity index (χ2v) is 7.00. The summed E-state index contributed by atoms with van der Waals surface area (Å²) < 4.78 is 0. The largest absolute Gasteiger partial charge is 0.391 e. The molecule has 2 aromatic heterocycles. The molecule has 2 atom stereocenters. The highest BCUT2D eigenvalue weighted by molar-refractivity contribution is 6.01. The first-order valence-electron chi connectivity index (χ1n) is 9.11. The van der Waals surface area contributed by atoms with E-state index in [1.807, 2.05) is 55.5 Å². The van der Waals surface area contributed by atoms with Crippen LogP contribution in [0.3, 0.4) is 0 Å². The molecule has 0 bridgehead atoms. The number of rotatable bonds is 4. The van der Waals surface area contributed by atoms with Gasteiger partial charge in [0.2, 0.25) is 0 Å². The average Bonchev–Trinajstić information content (AvgIpc) is 3.26. The average molecular weight is 362 g/mol. The number of carbonyl (C=O) groups is 1. The fourth-order valence-electron chi connectivity index (χ4n) is 3.66. The maximum atomic E-state index is 13.2. The Morgan fingerprint density at radius 2 is 1.96 bits per heavy atom. The number of aliphatic hydroxyl groups is 1. The van der Waals surface area contributed by atoms with Crippen LogP contribution in [0, 0.1) is 12.8 Å². The van der Waals surface area contributed by atoms with E-state index >= 15 is 0 Å². The first-order chi connectivity index (χ1) is 13.1. The molecular formula is C21H22N4O2. The van der Waals surface area contributed by atoms with Gasteiger partial charge in [0.15, 0.2) is 0 Å². The Kier molecular flexibility index (Phi) is 4.73. The number of β-amino-alcohol motifs (C(OH)–C–C–N with tert-alkyl or cyclic N) is 1. The monoisotopic (exact) mass is 362 g/mol. The summed E-state index contributed by atoms with van der Waals surface area (Å²) in [6.45, 7) is 2.69. The molecule has 0 saturated carbocycles. The van der Waals surface area contributed by atoms with Crippen molar-refractivity contribution in [1.29, 1.82) is 0 Å². The number of hydrogen-bond acceptors (Lipinski definition) is 4. The highest BCUT2D eigenvalue weighted by atomic mass is 16.3. The second-order valence-electron chi connectivity index (χ2n) is 7.00. The zero-order valence-electron chi connectivity index (χ0n) is 15.2. The van der Waals surface area contributed by atoms with Gasteiger partial charge in [0.25, 0.3) is 5.91 Å². The summed E-state index contributed by atoms with van der Waals surface area (Å²) >= 11 is 0. The molecular weight excluding hydrogens is 340 g/mol. The van der Waals surface area contributed by atoms with Crippen LogP contribution in [0.25, 0.3) is 11.3 Å². The minimum absolute atomic E-state index is 0.0174. The first-order valence-corrected chi connectivity index (χ1v) is 9.11. The van der Waals surface area contributed by atoms with E-state index in [1.165, 1.54) is 0 Å². The third-order valence-corrected chi connectivity index (χ3v) is 5.10. The van der Waals surface area contributed by atoms with Gasteiger partial charge in [-0.05, 0) is 25.5 Å². The summed E-state index contributed by atoms with van der Waals surface area (Å²) in [5.41, 5.74) is 3.80. The molecule has 3 aromatic rings. The molecule has 4 rings (SSSR count). The SMILES string of the molecule is Cc1[nH]nc(-c2ccccc2)c1C(=O)N1C[C@@H](Cc2ccccn2)[C@H](O)C1. The van der Waals surface area contributed by atoms with Crippen molar-refractivity contribution in [1.82, 2.24) is 20.1 Å². The fraction of sp³-hybridized carbons (Fsp3) is 0.286. The molecule has 0 aliphatic carbocycles. The molecule has 1 aromatic carbocycles. The smallest absolute Gasteiger partial charge is 0.258 e. The molecule has 6 nitrogen and oxygen atoms in total. The van der Waals surface area contributed by atoms with E-state index in [0.717, 1.165) is 17.0 Å². The summed E-state index contributed by atoms with van der Waals surface area (Å²) in [6.07, 6.45) is 1.85. The molecule has 6 heteroatoms. The Hall–Kier alpha value is -2.99. The normalized spacial score (nSPS) is 19.4. The quantitative estimate of drug-likeness (QED) is 0.747. The number of aliphatic hydroxyl groups excluding tert-OH is 1. The Labute approximate surface area is 157 Å². The summed E-state index contributed by atoms with van der Waals surface area (Å²) in [6, 6.07) is 15.4. The summed E-state index contributed by atoms with van der Waals surface area (Å²) in [5.74, 6) is -0.112. The number of aromatic amines is 1. The van der Waals surface area contributed by atoms with Crippen molar-refractivity contribution in [3.05, 3.63) is 71.7 Å². The Balaban J connectivity index is 1.55. The first kappa shape index (κ1) is 17.4. The molecule has 138 valence electrons. The Morgan fingerprint density at radius 1 is 1.19 bits per heavy atom. The predicted octanol–water partition coefficient (Wildman–Crippen LogP) is 2.46. The molecule has 1 aliphatic heterocycles. The van der Waals surface area contributed by atoms with Crippen molar-refractivity contribution < 1.29 is 9.90 Å². The summed E-state index contributed by atoms with van der Waals surface area (Å²) in [4.78, 5) is 19.3. The minimum atomic E-state index is -0.552. The lowest BCUT2D eigenvalue weighted by Gasteiger charge is -2.17. The van der Waals surface area contributed by atoms with E-state index in [2.05, 4.69) is 15.2 Å². The third kappa shape index (κ3) is 3.48. The molecule has 0 unspecified atom stereocenters. The van der Waals surface area contributed by atoms with Crippen molar-refractivity contribution in [3.63, 3.8) is 0 Å². The maximum absolute atomic E-state index is 13.2. The standard InChI is InChI=1S/C21H22N4O2/c1-14-19(20(24-23-14)15-7-3-2-4-8-15)21(27)25-12-16(18(26)13-25)11-17-9-5-6-10-22-17/h2-10,16,18,26H,11-13H2,1H3,(H,23,24)/t16-,18-/m1/s1. The van der Waals surface area contributed by atoms with Crippen molar-refractivity contribution in [2.24, 2.45) is 5.92 Å². The Morgan fingerprint density at radius 3 is 2.70 bits per heavy atom. The number of hydrogen-bond donors (Lipinski definition) is 2. The van der Waals surface area contributed by atoms with Gasteiger partial charge in [-0.15, -0.1) is 0 Å². The van der Waals surface area contributed by atoms with Gasteiger partial charge in [-0.2, -0.15) is 5.10 Å². The van der Waals surface area contributed by atoms with Crippen molar-refractivity contribution in [2.75, 3.05) is 13.1 Å². The van der Waals surface area contributed by atoms with Crippen LogP contribution in [0.5, 0.6) is 0 Å². The van der Waals surface area contributed by atoms with E-state index < -0.39 is 6.10 Å². The number of aromatic nitrogens is 3. The topological polar surface area (TPSA) is 82.1 Å². The van der Waals surface area contributed by atoms with Crippen LogP contribution in [0.1, 0.15) is 21.7 Å². The molecule has 1 aliphatic rings. The number of aryl methyl sites for hydroxylation is 1. The molecule has 1 fully saturated rings. The third-order valence-electron chi connectivity index (χ3n) is 5.10. The van der Waals surface area contributed by atoms with Gasteiger partial charge < -0.3 is 10.0 Å². The van der Waals surface area contributed by atoms with Crippen LogP contribution in [0.2, 0.25) is 0 Å². The molecule has 0 spiro atoms. The van der Waals surface area contributed by atoms with Crippen LogP contribution < -0.4 is 0 Å². The van der Waals surface area contributed by atoms with Gasteiger partial charge in [-0.25, -0.2) is 0 Å². The van der Waals surface area contributed by atoms with Gasteiger partial charge in [0.05, 0.1) is 11.7 Å². The number of amides is 1.